The second-order valence-corrected chi connectivity index (χ2v) is 2.34. The summed E-state index contributed by atoms with van der Waals surface area (Å²) in [4.78, 5) is 0. The molecule has 1 N–H and O–H groups in total. The fraction of sp³-hybridized carbons (Fsp3) is 1.00. The highest BCUT2D eigenvalue weighted by atomic mass is 35.5. The molecule has 0 saturated carbocycles. The second kappa shape index (κ2) is 4.44. The molecule has 48 valence electrons. The Bertz CT molecular complexity index is 61.2. The second-order valence-electron chi connectivity index (χ2n) is 1.18. The van der Waals surface area contributed by atoms with E-state index in [1.807, 2.05) is 0 Å². The smallest absolute Gasteiger partial charge is 0.425 e. The summed E-state index contributed by atoms with van der Waals surface area (Å²) in [6.45, 7) is 2.16. The molecule has 0 spiro atoms. The Morgan fingerprint density at radius 3 is 2.38 bits per heavy atom. The van der Waals surface area contributed by atoms with Crippen LogP contribution in [-0.2, 0) is 4.65 Å². The van der Waals surface area contributed by atoms with Gasteiger partial charge in [-0.2, -0.15) is 0 Å². The lowest BCUT2D eigenvalue weighted by molar-refractivity contribution is 0.278. The van der Waals surface area contributed by atoms with Gasteiger partial charge in [-0.15, -0.1) is 23.2 Å². The first kappa shape index (κ1) is 8.56. The van der Waals surface area contributed by atoms with Crippen molar-refractivity contribution < 1.29 is 9.68 Å². The van der Waals surface area contributed by atoms with Crippen LogP contribution in [0, 0.1) is 0 Å². The van der Waals surface area contributed by atoms with Crippen LogP contribution in [0.2, 0.25) is 0 Å². The molecule has 0 aliphatic rings. The van der Waals surface area contributed by atoms with Gasteiger partial charge in [0.05, 0.1) is 0 Å². The summed E-state index contributed by atoms with van der Waals surface area (Å²) >= 11 is 10.4. The highest BCUT2D eigenvalue weighted by molar-refractivity contribution is 6.72. The van der Waals surface area contributed by atoms with Gasteiger partial charge in [0, 0.05) is 6.61 Å². The highest BCUT2D eigenvalue weighted by Gasteiger charge is 2.20. The van der Waals surface area contributed by atoms with Gasteiger partial charge in [0.15, 0.2) is 0 Å². The van der Waals surface area contributed by atoms with Crippen LogP contribution >= 0.6 is 23.2 Å². The molecule has 0 aliphatic heterocycles. The van der Waals surface area contributed by atoms with Crippen molar-refractivity contribution in [3.63, 3.8) is 0 Å². The lowest BCUT2D eigenvalue weighted by atomic mass is 9.96. The Morgan fingerprint density at radius 2 is 2.25 bits per heavy atom. The molecule has 0 aromatic rings. The lowest BCUT2D eigenvalue weighted by Gasteiger charge is -2.03. The first-order chi connectivity index (χ1) is 3.68. The minimum Gasteiger partial charge on any atom is -0.425 e. The van der Waals surface area contributed by atoms with Gasteiger partial charge >= 0.3 is 7.12 Å². The summed E-state index contributed by atoms with van der Waals surface area (Å²) in [7, 11) is -1.05. The number of halogens is 2. The number of alkyl halides is 2. The standard InChI is InChI=1S/C3H7BCl2O2/c1-2-8-4(7)3(5)6/h3,7H,2H2,1H3. The number of rotatable bonds is 3. The van der Waals surface area contributed by atoms with Crippen LogP contribution in [0.3, 0.4) is 0 Å². The molecule has 0 bridgehead atoms. The maximum atomic E-state index is 8.64. The minimum atomic E-state index is -1.05. The van der Waals surface area contributed by atoms with E-state index in [1.165, 1.54) is 0 Å². The van der Waals surface area contributed by atoms with Gasteiger partial charge in [0.1, 0.15) is 4.74 Å². The molecule has 0 amide bonds. The summed E-state index contributed by atoms with van der Waals surface area (Å²) in [6.07, 6.45) is 0. The minimum absolute atomic E-state index is 0.414. The molecule has 0 atom stereocenters. The van der Waals surface area contributed by atoms with E-state index in [1.54, 1.807) is 6.92 Å². The van der Waals surface area contributed by atoms with Crippen molar-refractivity contribution in [2.24, 2.45) is 0 Å². The summed E-state index contributed by atoms with van der Waals surface area (Å²) in [6, 6.07) is 0. The van der Waals surface area contributed by atoms with Crippen molar-refractivity contribution in [3.8, 4) is 0 Å². The van der Waals surface area contributed by atoms with Crippen molar-refractivity contribution in [3.05, 3.63) is 0 Å². The van der Waals surface area contributed by atoms with Crippen LogP contribution < -0.4 is 0 Å². The largest absolute Gasteiger partial charge is 0.489 e. The third-order valence-corrected chi connectivity index (χ3v) is 0.984. The van der Waals surface area contributed by atoms with Gasteiger partial charge in [-0.3, -0.25) is 0 Å². The maximum absolute atomic E-state index is 8.64. The highest BCUT2D eigenvalue weighted by Crippen LogP contribution is 2.04. The SMILES string of the molecule is CCOB(O)C(Cl)Cl. The lowest BCUT2D eigenvalue weighted by Crippen LogP contribution is -2.25. The summed E-state index contributed by atoms with van der Waals surface area (Å²) in [5.74, 6) is 0. The van der Waals surface area contributed by atoms with Crippen molar-refractivity contribution in [1.29, 1.82) is 0 Å². The molecular weight excluding hydrogens is 150 g/mol. The first-order valence-corrected chi connectivity index (χ1v) is 3.13. The van der Waals surface area contributed by atoms with Crippen LogP contribution in [0.5, 0.6) is 0 Å². The Morgan fingerprint density at radius 1 is 1.75 bits per heavy atom. The number of hydrogen-bond acceptors (Lipinski definition) is 2. The van der Waals surface area contributed by atoms with E-state index in [0.29, 0.717) is 6.61 Å². The Labute approximate surface area is 58.9 Å². The van der Waals surface area contributed by atoms with Gasteiger partial charge in [0.25, 0.3) is 0 Å². The predicted molar refractivity (Wildman–Crippen MR) is 35.1 cm³/mol. The molecule has 0 aliphatic carbocycles. The molecule has 0 heterocycles. The maximum Gasteiger partial charge on any atom is 0.489 e. The quantitative estimate of drug-likeness (QED) is 0.485. The van der Waals surface area contributed by atoms with Gasteiger partial charge in [-0.05, 0) is 6.92 Å². The van der Waals surface area contributed by atoms with E-state index in [-0.39, 0.29) is 0 Å². The van der Waals surface area contributed by atoms with E-state index in [0.717, 1.165) is 0 Å². The molecule has 0 radical (unpaired) electrons. The normalized spacial score (nSPS) is 10.1. The molecule has 0 aromatic carbocycles. The average Bonchev–Trinajstić information content (AvgIpc) is 1.67. The molecule has 0 saturated heterocycles. The van der Waals surface area contributed by atoms with E-state index < -0.39 is 11.9 Å². The molecule has 0 aromatic heterocycles. The Kier molecular flexibility index (Phi) is 4.76. The van der Waals surface area contributed by atoms with Crippen molar-refractivity contribution in [2.45, 2.75) is 11.7 Å². The molecule has 0 unspecified atom stereocenters. The molecule has 8 heavy (non-hydrogen) atoms. The van der Waals surface area contributed by atoms with Crippen LogP contribution in [0.4, 0.5) is 0 Å². The third-order valence-electron chi connectivity index (χ3n) is 0.553. The topological polar surface area (TPSA) is 29.5 Å². The van der Waals surface area contributed by atoms with E-state index in [4.69, 9.17) is 28.2 Å². The zero-order valence-electron chi connectivity index (χ0n) is 4.47. The third kappa shape index (κ3) is 3.55. The summed E-state index contributed by atoms with van der Waals surface area (Å²) in [5.41, 5.74) is 0. The van der Waals surface area contributed by atoms with Crippen molar-refractivity contribution in [1.82, 2.24) is 0 Å². The summed E-state index contributed by atoms with van der Waals surface area (Å²) in [5, 5.41) is 8.64. The van der Waals surface area contributed by atoms with E-state index >= 15 is 0 Å². The van der Waals surface area contributed by atoms with E-state index in [9.17, 15) is 0 Å². The zero-order valence-corrected chi connectivity index (χ0v) is 5.99. The van der Waals surface area contributed by atoms with Gasteiger partial charge in [0.2, 0.25) is 0 Å². The van der Waals surface area contributed by atoms with Gasteiger partial charge in [-0.25, -0.2) is 0 Å². The first-order valence-electron chi connectivity index (χ1n) is 2.26. The van der Waals surface area contributed by atoms with Crippen molar-refractivity contribution in [2.75, 3.05) is 6.61 Å². The monoisotopic (exact) mass is 156 g/mol. The molecule has 0 fully saturated rings. The molecular formula is C3H7BCl2O2. The molecule has 0 rings (SSSR count). The van der Waals surface area contributed by atoms with Gasteiger partial charge in [-0.1, -0.05) is 0 Å². The summed E-state index contributed by atoms with van der Waals surface area (Å²) < 4.78 is 3.74. The molecule has 5 heteroatoms. The number of hydrogen-bond donors (Lipinski definition) is 1. The van der Waals surface area contributed by atoms with E-state index in [2.05, 4.69) is 4.65 Å². The average molecular weight is 157 g/mol. The van der Waals surface area contributed by atoms with Gasteiger partial charge < -0.3 is 9.68 Å². The molecule has 2 nitrogen and oxygen atoms in total. The Hall–Kier alpha value is 0.565. The zero-order chi connectivity index (χ0) is 6.57. The fourth-order valence-corrected chi connectivity index (χ4v) is 0.389. The van der Waals surface area contributed by atoms with Crippen molar-refractivity contribution >= 4 is 30.3 Å². The fourth-order valence-electron chi connectivity index (χ4n) is 0.243. The van der Waals surface area contributed by atoms with Crippen LogP contribution in [-0.4, -0.2) is 23.5 Å². The predicted octanol–water partition coefficient (Wildman–Crippen LogP) is 0.846. The Balaban J connectivity index is 3.17. The van der Waals surface area contributed by atoms with Crippen LogP contribution in [0.1, 0.15) is 6.92 Å². The van der Waals surface area contributed by atoms with Crippen LogP contribution in [0.15, 0.2) is 0 Å². The van der Waals surface area contributed by atoms with Crippen LogP contribution in [0.25, 0.3) is 0 Å².